The second kappa shape index (κ2) is 6.88. The maximum Gasteiger partial charge on any atom is 0.219 e. The molecule has 0 atom stereocenters. The number of nitriles is 1. The van der Waals surface area contributed by atoms with Gasteiger partial charge in [-0.15, -0.1) is 6.42 Å². The van der Waals surface area contributed by atoms with Crippen LogP contribution in [-0.2, 0) is 33.3 Å². The van der Waals surface area contributed by atoms with E-state index in [1.807, 2.05) is 0 Å². The van der Waals surface area contributed by atoms with Crippen LogP contribution in [0.25, 0.3) is 0 Å². The molecule has 4 nitrogen and oxygen atoms in total. The molecule has 1 aliphatic rings. The van der Waals surface area contributed by atoms with E-state index in [2.05, 4.69) is 0 Å². The first-order chi connectivity index (χ1) is 11.6. The summed E-state index contributed by atoms with van der Waals surface area (Å²) in [6.45, 7) is 0. The molecule has 9 heteroatoms. The van der Waals surface area contributed by atoms with Crippen LogP contribution in [0.15, 0.2) is 35.2 Å². The molecule has 0 saturated carbocycles. The van der Waals surface area contributed by atoms with Crippen LogP contribution in [0.5, 0.6) is 11.5 Å². The molecule has 1 radical (unpaired) electrons. The zero-order valence-corrected chi connectivity index (χ0v) is 15.3. The topological polar surface area (TPSA) is 67.2 Å². The monoisotopic (exact) mass is 421 g/mol. The molecule has 3 rings (SSSR count). The van der Waals surface area contributed by atoms with Crippen molar-refractivity contribution in [3.05, 3.63) is 59.3 Å². The number of rotatable bonds is 3. The van der Waals surface area contributed by atoms with Crippen LogP contribution in [0.3, 0.4) is 0 Å². The van der Waals surface area contributed by atoms with Gasteiger partial charge in [-0.1, -0.05) is 11.6 Å². The third kappa shape index (κ3) is 3.98. The molecule has 0 aliphatic heterocycles. The number of nitrogens with zero attached hydrogens (tertiary/aromatic N) is 1. The number of fused-ring (bicyclic) bond motifs is 1. The van der Waals surface area contributed by atoms with Gasteiger partial charge in [-0.05, 0) is 29.5 Å². The van der Waals surface area contributed by atoms with Crippen molar-refractivity contribution < 1.29 is 43.4 Å². The van der Waals surface area contributed by atoms with Gasteiger partial charge in [0.25, 0.3) is 0 Å². The molecule has 2 aromatic carbocycles. The van der Waals surface area contributed by atoms with Crippen LogP contribution < -0.4 is 4.74 Å². The molecular formula is C17H11F3MnNO3S-. The number of ether oxygens (including phenoxy) is 1. The van der Waals surface area contributed by atoms with Gasteiger partial charge in [0, 0.05) is 29.4 Å². The Morgan fingerprint density at radius 2 is 1.96 bits per heavy atom. The van der Waals surface area contributed by atoms with E-state index < -0.39 is 28.0 Å². The molecule has 2 aromatic rings. The number of sulfone groups is 1. The third-order valence-corrected chi connectivity index (χ3v) is 4.82. The van der Waals surface area contributed by atoms with E-state index in [0.717, 1.165) is 18.4 Å². The van der Waals surface area contributed by atoms with E-state index in [9.17, 15) is 21.6 Å². The standard InChI is InChI=1S/C17H11F3NO3S.Mn/c1-25(22,23)16-3-2-15(13-7-17(19,20)8-14(13)16)24-12-5-10(9-21)4-11(18)6-12;/h2-6,8H,7H2,1H3;/q-1;. The van der Waals surface area contributed by atoms with E-state index in [4.69, 9.17) is 10.00 Å². The molecule has 26 heavy (non-hydrogen) atoms. The molecule has 0 N–H and O–H groups in total. The largest absolute Gasteiger partial charge is 0.470 e. The number of halogens is 3. The fourth-order valence-electron chi connectivity index (χ4n) is 2.69. The minimum Gasteiger partial charge on any atom is -0.470 e. The molecule has 1 aliphatic carbocycles. The molecule has 0 bridgehead atoms. The Balaban J connectivity index is 0.00000243. The quantitative estimate of drug-likeness (QED) is 0.561. The van der Waals surface area contributed by atoms with Crippen LogP contribution in [0, 0.1) is 23.6 Å². The van der Waals surface area contributed by atoms with Gasteiger partial charge in [-0.2, -0.15) is 10.8 Å². The van der Waals surface area contributed by atoms with Crippen LogP contribution in [-0.4, -0.2) is 20.6 Å². The van der Waals surface area contributed by atoms with Crippen LogP contribution >= 0.6 is 0 Å². The molecule has 0 spiro atoms. The SMILES string of the molecule is CS(=O)(=O)c1ccc(Oc2cc(F)cc(C#N)c2)c2c1[CH-]C(F)(F)C2.[Mn]. The van der Waals surface area contributed by atoms with Crippen molar-refractivity contribution in [2.75, 3.05) is 6.26 Å². The van der Waals surface area contributed by atoms with Crippen molar-refractivity contribution in [1.82, 2.24) is 0 Å². The Morgan fingerprint density at radius 3 is 2.58 bits per heavy atom. The van der Waals surface area contributed by atoms with Crippen molar-refractivity contribution >= 4 is 9.84 Å². The van der Waals surface area contributed by atoms with Gasteiger partial charge < -0.3 is 4.74 Å². The summed E-state index contributed by atoms with van der Waals surface area (Å²) in [6, 6.07) is 7.46. The predicted octanol–water partition coefficient (Wildman–Crippen LogP) is 3.63. The first-order valence-electron chi connectivity index (χ1n) is 7.07. The number of hydrogen-bond acceptors (Lipinski definition) is 4. The van der Waals surface area contributed by atoms with Gasteiger partial charge in [0.15, 0.2) is 0 Å². The first-order valence-corrected chi connectivity index (χ1v) is 8.96. The summed E-state index contributed by atoms with van der Waals surface area (Å²) >= 11 is 0. The van der Waals surface area contributed by atoms with Gasteiger partial charge in [-0.25, -0.2) is 21.6 Å². The van der Waals surface area contributed by atoms with Crippen molar-refractivity contribution in [3.63, 3.8) is 0 Å². The van der Waals surface area contributed by atoms with E-state index in [1.165, 1.54) is 18.2 Å². The maximum absolute atomic E-state index is 13.8. The summed E-state index contributed by atoms with van der Waals surface area (Å²) in [5, 5.41) is 8.86. The van der Waals surface area contributed by atoms with Crippen LogP contribution in [0.1, 0.15) is 16.7 Å². The average Bonchev–Trinajstić information content (AvgIpc) is 2.80. The van der Waals surface area contributed by atoms with Gasteiger partial charge >= 0.3 is 0 Å². The van der Waals surface area contributed by atoms with Gasteiger partial charge in [0.05, 0.1) is 17.4 Å². The summed E-state index contributed by atoms with van der Waals surface area (Å²) < 4.78 is 70.2. The number of alkyl halides is 2. The van der Waals surface area contributed by atoms with Crippen molar-refractivity contribution in [2.24, 2.45) is 0 Å². The number of hydrogen-bond donors (Lipinski definition) is 0. The van der Waals surface area contributed by atoms with Gasteiger partial charge in [0.1, 0.15) is 21.4 Å². The summed E-state index contributed by atoms with van der Waals surface area (Å²) in [5.74, 6) is -3.97. The third-order valence-electron chi connectivity index (χ3n) is 3.67. The van der Waals surface area contributed by atoms with Crippen LogP contribution in [0.2, 0.25) is 0 Å². The van der Waals surface area contributed by atoms with Crippen molar-refractivity contribution in [2.45, 2.75) is 17.2 Å². The fourth-order valence-corrected chi connectivity index (χ4v) is 3.59. The van der Waals surface area contributed by atoms with Crippen molar-refractivity contribution in [1.29, 1.82) is 5.26 Å². The zero-order chi connectivity index (χ0) is 18.4. The Kier molecular flexibility index (Phi) is 5.33. The molecule has 0 fully saturated rings. The predicted molar refractivity (Wildman–Crippen MR) is 82.8 cm³/mol. The molecule has 0 aromatic heterocycles. The fraction of sp³-hybridized carbons (Fsp3) is 0.176. The Hall–Kier alpha value is -2.14. The van der Waals surface area contributed by atoms with E-state index >= 15 is 0 Å². The normalized spacial score (nSPS) is 14.6. The van der Waals surface area contributed by atoms with E-state index in [0.29, 0.717) is 6.42 Å². The Morgan fingerprint density at radius 1 is 1.27 bits per heavy atom. The molecule has 0 saturated heterocycles. The van der Waals surface area contributed by atoms with E-state index in [1.54, 1.807) is 6.07 Å². The molecule has 137 valence electrons. The zero-order valence-electron chi connectivity index (χ0n) is 13.3. The van der Waals surface area contributed by atoms with Gasteiger partial charge in [-0.3, -0.25) is 0 Å². The summed E-state index contributed by atoms with van der Waals surface area (Å²) in [5.41, 5.74) is -0.0751. The van der Waals surface area contributed by atoms with Gasteiger partial charge in [0.2, 0.25) is 5.92 Å². The average molecular weight is 421 g/mol. The summed E-state index contributed by atoms with van der Waals surface area (Å²) in [7, 11) is -3.71. The van der Waals surface area contributed by atoms with E-state index in [-0.39, 0.29) is 50.2 Å². The molecule has 0 heterocycles. The number of benzene rings is 2. The molecular weight excluding hydrogens is 410 g/mol. The van der Waals surface area contributed by atoms with Crippen LogP contribution in [0.4, 0.5) is 13.2 Å². The minimum absolute atomic E-state index is 0. The second-order valence-corrected chi connectivity index (χ2v) is 7.68. The minimum atomic E-state index is -3.71. The van der Waals surface area contributed by atoms with Crippen molar-refractivity contribution in [3.8, 4) is 17.6 Å². The first kappa shape index (κ1) is 20.2. The Labute approximate surface area is 159 Å². The summed E-state index contributed by atoms with van der Waals surface area (Å²) in [6.07, 6.45) is 0.804. The molecule has 0 unspecified atom stereocenters. The summed E-state index contributed by atoms with van der Waals surface area (Å²) in [4.78, 5) is -0.219. The Bertz CT molecular complexity index is 1020. The molecule has 0 amide bonds. The second-order valence-electron chi connectivity index (χ2n) is 5.70. The maximum atomic E-state index is 13.8. The smallest absolute Gasteiger partial charge is 0.219 e.